The molecule has 0 aliphatic heterocycles. The molecule has 0 atom stereocenters. The quantitative estimate of drug-likeness (QED) is 0.319. The van der Waals surface area contributed by atoms with E-state index in [1.807, 2.05) is 48.5 Å². The lowest BCUT2D eigenvalue weighted by Gasteiger charge is -2.13. The topological polar surface area (TPSA) is 56.8 Å². The van der Waals surface area contributed by atoms with Crippen molar-refractivity contribution in [2.24, 2.45) is 0 Å². The zero-order chi connectivity index (χ0) is 18.8. The normalized spacial score (nSPS) is 10.8. The maximum absolute atomic E-state index is 12.0. The van der Waals surface area contributed by atoms with Crippen molar-refractivity contribution in [3.05, 3.63) is 78.6 Å². The van der Waals surface area contributed by atoms with Crippen molar-refractivity contribution in [1.29, 1.82) is 0 Å². The van der Waals surface area contributed by atoms with Crippen LogP contribution in [0.25, 0.3) is 5.57 Å². The molecule has 0 amide bonds. The van der Waals surface area contributed by atoms with Crippen LogP contribution in [0.5, 0.6) is 5.75 Å². The molecule has 5 nitrogen and oxygen atoms in total. The van der Waals surface area contributed by atoms with Crippen molar-refractivity contribution in [3.63, 3.8) is 0 Å². The number of hydrogen-bond acceptors (Lipinski definition) is 5. The van der Waals surface area contributed by atoms with Gasteiger partial charge in [-0.2, -0.15) is 0 Å². The molecule has 0 radical (unpaired) electrons. The van der Waals surface area contributed by atoms with Crippen molar-refractivity contribution >= 4 is 17.2 Å². The van der Waals surface area contributed by atoms with Gasteiger partial charge in [-0.3, -0.25) is 0 Å². The lowest BCUT2D eigenvalue weighted by molar-refractivity contribution is -0.133. The van der Waals surface area contributed by atoms with Crippen LogP contribution >= 0.6 is 0 Å². The highest BCUT2D eigenvalue weighted by Crippen LogP contribution is 2.24. The van der Waals surface area contributed by atoms with Gasteiger partial charge in [-0.05, 0) is 23.3 Å². The maximum Gasteiger partial charge on any atom is 0.341 e. The molecule has 0 bridgehead atoms. The SMILES string of the molecule is C=CCNc1cccc(OCc2ccccc2/C(=C\OC)C(=O)OC)c1. The first-order chi connectivity index (χ1) is 12.7. The number of carbonyl (C=O) groups excluding carboxylic acids is 1. The van der Waals surface area contributed by atoms with Gasteiger partial charge < -0.3 is 19.5 Å². The lowest BCUT2D eigenvalue weighted by Crippen LogP contribution is -2.08. The summed E-state index contributed by atoms with van der Waals surface area (Å²) < 4.78 is 15.8. The predicted octanol–water partition coefficient (Wildman–Crippen LogP) is 4.02. The second-order valence-electron chi connectivity index (χ2n) is 5.40. The lowest BCUT2D eigenvalue weighted by atomic mass is 10.0. The van der Waals surface area contributed by atoms with E-state index in [4.69, 9.17) is 14.2 Å². The highest BCUT2D eigenvalue weighted by atomic mass is 16.5. The minimum atomic E-state index is -0.463. The predicted molar refractivity (Wildman–Crippen MR) is 103 cm³/mol. The maximum atomic E-state index is 12.0. The Labute approximate surface area is 153 Å². The molecule has 2 aromatic carbocycles. The molecule has 26 heavy (non-hydrogen) atoms. The number of anilines is 1. The van der Waals surface area contributed by atoms with Crippen molar-refractivity contribution in [1.82, 2.24) is 0 Å². The van der Waals surface area contributed by atoms with E-state index in [0.29, 0.717) is 24.3 Å². The average Bonchev–Trinajstić information content (AvgIpc) is 2.69. The summed E-state index contributed by atoms with van der Waals surface area (Å²) in [6.07, 6.45) is 3.17. The monoisotopic (exact) mass is 353 g/mol. The molecule has 0 saturated heterocycles. The third-order valence-electron chi connectivity index (χ3n) is 3.63. The Bertz CT molecular complexity index is 783. The van der Waals surface area contributed by atoms with Crippen LogP contribution in [0.1, 0.15) is 11.1 Å². The standard InChI is InChI=1S/C21H23NO4/c1-4-12-22-17-9-7-10-18(13-17)26-14-16-8-5-6-11-19(16)20(15-24-2)21(23)25-3/h4-11,13,15,22H,1,12,14H2,2-3H3/b20-15+. The van der Waals surface area contributed by atoms with Crippen molar-refractivity contribution < 1.29 is 19.0 Å². The molecule has 0 saturated carbocycles. The Hall–Kier alpha value is -3.21. The number of carbonyl (C=O) groups is 1. The third-order valence-corrected chi connectivity index (χ3v) is 3.63. The Morgan fingerprint density at radius 3 is 2.69 bits per heavy atom. The summed E-state index contributed by atoms with van der Waals surface area (Å²) >= 11 is 0. The van der Waals surface area contributed by atoms with Crippen LogP contribution in [0.3, 0.4) is 0 Å². The molecule has 0 aromatic heterocycles. The molecular formula is C21H23NO4. The van der Waals surface area contributed by atoms with Crippen LogP contribution in [0.2, 0.25) is 0 Å². The molecule has 1 N–H and O–H groups in total. The van der Waals surface area contributed by atoms with Gasteiger partial charge >= 0.3 is 5.97 Å². The number of hydrogen-bond donors (Lipinski definition) is 1. The number of esters is 1. The molecule has 5 heteroatoms. The molecule has 136 valence electrons. The van der Waals surface area contributed by atoms with Crippen LogP contribution in [0.4, 0.5) is 5.69 Å². The van der Waals surface area contributed by atoms with Gasteiger partial charge in [-0.15, -0.1) is 6.58 Å². The molecule has 0 fully saturated rings. The summed E-state index contributed by atoms with van der Waals surface area (Å²) in [7, 11) is 2.83. The van der Waals surface area contributed by atoms with E-state index in [0.717, 1.165) is 17.0 Å². The summed E-state index contributed by atoms with van der Waals surface area (Å²) in [4.78, 5) is 12.0. The fourth-order valence-electron chi connectivity index (χ4n) is 2.41. The van der Waals surface area contributed by atoms with Gasteiger partial charge in [0.15, 0.2) is 0 Å². The van der Waals surface area contributed by atoms with Crippen molar-refractivity contribution in [2.45, 2.75) is 6.61 Å². The number of methoxy groups -OCH3 is 2. The van der Waals surface area contributed by atoms with Crippen LogP contribution in [0.15, 0.2) is 67.4 Å². The van der Waals surface area contributed by atoms with E-state index in [-0.39, 0.29) is 0 Å². The third kappa shape index (κ3) is 5.14. The Balaban J connectivity index is 2.19. The van der Waals surface area contributed by atoms with E-state index < -0.39 is 5.97 Å². The minimum absolute atomic E-state index is 0.305. The molecule has 0 heterocycles. The van der Waals surface area contributed by atoms with Gasteiger partial charge in [0.1, 0.15) is 17.9 Å². The van der Waals surface area contributed by atoms with Crippen LogP contribution in [0, 0.1) is 0 Å². The number of nitrogens with one attached hydrogen (secondary N) is 1. The summed E-state index contributed by atoms with van der Waals surface area (Å²) in [5, 5.41) is 3.22. The second-order valence-corrected chi connectivity index (χ2v) is 5.40. The first-order valence-electron chi connectivity index (χ1n) is 8.16. The van der Waals surface area contributed by atoms with Crippen LogP contribution < -0.4 is 10.1 Å². The highest BCUT2D eigenvalue weighted by Gasteiger charge is 2.16. The second kappa shape index (κ2) is 9.93. The summed E-state index contributed by atoms with van der Waals surface area (Å²) in [6.45, 7) is 4.67. The van der Waals surface area contributed by atoms with Gasteiger partial charge in [0.25, 0.3) is 0 Å². The Kier molecular flexibility index (Phi) is 7.31. The smallest absolute Gasteiger partial charge is 0.341 e. The summed E-state index contributed by atoms with van der Waals surface area (Å²) in [6, 6.07) is 15.2. The van der Waals surface area contributed by atoms with Crippen LogP contribution in [-0.2, 0) is 20.9 Å². The fraction of sp³-hybridized carbons (Fsp3) is 0.190. The van der Waals surface area contributed by atoms with Crippen molar-refractivity contribution in [3.8, 4) is 5.75 Å². The Morgan fingerprint density at radius 1 is 1.15 bits per heavy atom. The Morgan fingerprint density at radius 2 is 1.96 bits per heavy atom. The van der Waals surface area contributed by atoms with E-state index in [1.54, 1.807) is 6.08 Å². The van der Waals surface area contributed by atoms with Crippen molar-refractivity contribution in [2.75, 3.05) is 26.1 Å². The van der Waals surface area contributed by atoms with Gasteiger partial charge in [0.05, 0.1) is 20.5 Å². The van der Waals surface area contributed by atoms with E-state index >= 15 is 0 Å². The largest absolute Gasteiger partial charge is 0.503 e. The zero-order valence-electron chi connectivity index (χ0n) is 15.0. The summed E-state index contributed by atoms with van der Waals surface area (Å²) in [5.74, 6) is 0.263. The molecule has 0 aliphatic carbocycles. The van der Waals surface area contributed by atoms with Gasteiger partial charge in [0, 0.05) is 18.3 Å². The zero-order valence-corrected chi connectivity index (χ0v) is 15.0. The fourth-order valence-corrected chi connectivity index (χ4v) is 2.41. The molecule has 0 spiro atoms. The highest BCUT2D eigenvalue weighted by molar-refractivity contribution is 6.16. The summed E-state index contributed by atoms with van der Waals surface area (Å²) in [5.41, 5.74) is 2.86. The molecule has 2 aromatic rings. The van der Waals surface area contributed by atoms with Gasteiger partial charge in [-0.25, -0.2) is 4.79 Å². The van der Waals surface area contributed by atoms with Gasteiger partial charge in [-0.1, -0.05) is 36.4 Å². The first kappa shape index (κ1) is 19.1. The number of ether oxygens (including phenoxy) is 3. The number of rotatable bonds is 9. The molecule has 0 unspecified atom stereocenters. The van der Waals surface area contributed by atoms with E-state index in [9.17, 15) is 4.79 Å². The molecule has 0 aliphatic rings. The molecule has 2 rings (SSSR count). The average molecular weight is 353 g/mol. The minimum Gasteiger partial charge on any atom is -0.503 e. The number of benzene rings is 2. The van der Waals surface area contributed by atoms with E-state index in [2.05, 4.69) is 11.9 Å². The van der Waals surface area contributed by atoms with E-state index in [1.165, 1.54) is 20.5 Å². The van der Waals surface area contributed by atoms with Crippen LogP contribution in [-0.4, -0.2) is 26.7 Å². The molecular weight excluding hydrogens is 330 g/mol. The van der Waals surface area contributed by atoms with Gasteiger partial charge in [0.2, 0.25) is 0 Å². The first-order valence-corrected chi connectivity index (χ1v) is 8.16.